The molecule has 0 radical (unpaired) electrons. The Balaban J connectivity index is 1.92. The number of amides is 2. The Morgan fingerprint density at radius 3 is 2.29 bits per heavy atom. The van der Waals surface area contributed by atoms with Crippen LogP contribution in [0.2, 0.25) is 0 Å². The molecule has 24 heavy (non-hydrogen) atoms. The summed E-state index contributed by atoms with van der Waals surface area (Å²) in [5.74, 6) is -0.312. The second kappa shape index (κ2) is 8.67. The molecule has 0 unspecified atom stereocenters. The average Bonchev–Trinajstić information content (AvgIpc) is 2.60. The first-order chi connectivity index (χ1) is 11.6. The number of benzene rings is 2. The number of aryl methyl sites for hydroxylation is 1. The molecule has 0 aliphatic heterocycles. The number of carbonyl (C=O) groups is 2. The summed E-state index contributed by atoms with van der Waals surface area (Å²) >= 11 is 0. The van der Waals surface area contributed by atoms with Gasteiger partial charge in [-0.3, -0.25) is 9.59 Å². The van der Waals surface area contributed by atoms with Gasteiger partial charge in [0, 0.05) is 23.9 Å². The van der Waals surface area contributed by atoms with Crippen molar-refractivity contribution in [3.63, 3.8) is 0 Å². The molecule has 0 heterocycles. The number of rotatable bonds is 6. The standard InChI is InChI=1S/C20H22N2O2/c1-3-14-21-20(24)17-9-11-18(12-10-17)22-19(23)13-8-16-6-4-15(2)5-7-16/h4-13H,3,14H2,1-2H3,(H,21,24)(H,22,23)/b13-8+. The molecule has 0 aliphatic carbocycles. The van der Waals surface area contributed by atoms with E-state index >= 15 is 0 Å². The largest absolute Gasteiger partial charge is 0.352 e. The molecule has 0 atom stereocenters. The number of nitrogens with one attached hydrogen (secondary N) is 2. The molecule has 0 saturated heterocycles. The van der Waals surface area contributed by atoms with Crippen LogP contribution in [0.15, 0.2) is 54.6 Å². The van der Waals surface area contributed by atoms with Gasteiger partial charge in [-0.05, 0) is 49.2 Å². The highest BCUT2D eigenvalue weighted by atomic mass is 16.2. The summed E-state index contributed by atoms with van der Waals surface area (Å²) < 4.78 is 0. The van der Waals surface area contributed by atoms with Gasteiger partial charge in [0.15, 0.2) is 0 Å². The molecule has 2 aromatic rings. The molecule has 4 nitrogen and oxygen atoms in total. The topological polar surface area (TPSA) is 58.2 Å². The first-order valence-electron chi connectivity index (χ1n) is 8.02. The van der Waals surface area contributed by atoms with Crippen LogP contribution in [-0.2, 0) is 4.79 Å². The maximum atomic E-state index is 11.9. The van der Waals surface area contributed by atoms with Gasteiger partial charge < -0.3 is 10.6 Å². The Morgan fingerprint density at radius 1 is 1.00 bits per heavy atom. The summed E-state index contributed by atoms with van der Waals surface area (Å²) in [6.07, 6.45) is 4.15. The fraction of sp³-hybridized carbons (Fsp3) is 0.200. The van der Waals surface area contributed by atoms with E-state index in [4.69, 9.17) is 0 Å². The van der Waals surface area contributed by atoms with Crippen molar-refractivity contribution < 1.29 is 9.59 Å². The Hall–Kier alpha value is -2.88. The molecular weight excluding hydrogens is 300 g/mol. The molecule has 0 saturated carbocycles. The lowest BCUT2D eigenvalue weighted by atomic mass is 10.1. The number of hydrogen-bond donors (Lipinski definition) is 2. The van der Waals surface area contributed by atoms with Gasteiger partial charge in [-0.2, -0.15) is 0 Å². The van der Waals surface area contributed by atoms with Crippen LogP contribution in [0.25, 0.3) is 6.08 Å². The number of anilines is 1. The summed E-state index contributed by atoms with van der Waals surface area (Å²) in [6.45, 7) is 4.68. The summed E-state index contributed by atoms with van der Waals surface area (Å²) in [7, 11) is 0. The Morgan fingerprint density at radius 2 is 1.67 bits per heavy atom. The van der Waals surface area contributed by atoms with Gasteiger partial charge in [-0.1, -0.05) is 36.8 Å². The third-order valence-corrected chi connectivity index (χ3v) is 3.45. The zero-order valence-corrected chi connectivity index (χ0v) is 14.0. The quantitative estimate of drug-likeness (QED) is 0.795. The number of carbonyl (C=O) groups excluding carboxylic acids is 2. The average molecular weight is 322 g/mol. The number of hydrogen-bond acceptors (Lipinski definition) is 2. The molecule has 4 heteroatoms. The second-order valence-electron chi connectivity index (χ2n) is 5.57. The molecule has 2 amide bonds. The van der Waals surface area contributed by atoms with Crippen LogP contribution in [0.5, 0.6) is 0 Å². The predicted octanol–water partition coefficient (Wildman–Crippen LogP) is 3.79. The van der Waals surface area contributed by atoms with Crippen molar-refractivity contribution >= 4 is 23.6 Å². The molecule has 0 fully saturated rings. The Labute approximate surface area is 142 Å². The van der Waals surface area contributed by atoms with E-state index < -0.39 is 0 Å². The molecular formula is C20H22N2O2. The fourth-order valence-electron chi connectivity index (χ4n) is 2.08. The summed E-state index contributed by atoms with van der Waals surface area (Å²) in [4.78, 5) is 23.7. The predicted molar refractivity (Wildman–Crippen MR) is 97.9 cm³/mol. The van der Waals surface area contributed by atoms with E-state index in [2.05, 4.69) is 10.6 Å². The van der Waals surface area contributed by atoms with Crippen LogP contribution in [0.1, 0.15) is 34.8 Å². The van der Waals surface area contributed by atoms with Gasteiger partial charge in [0.1, 0.15) is 0 Å². The van der Waals surface area contributed by atoms with Gasteiger partial charge in [0.25, 0.3) is 5.91 Å². The van der Waals surface area contributed by atoms with Crippen LogP contribution < -0.4 is 10.6 Å². The zero-order valence-electron chi connectivity index (χ0n) is 14.0. The van der Waals surface area contributed by atoms with E-state index in [9.17, 15) is 9.59 Å². The van der Waals surface area contributed by atoms with Gasteiger partial charge in [-0.25, -0.2) is 0 Å². The van der Waals surface area contributed by atoms with E-state index in [0.29, 0.717) is 17.8 Å². The van der Waals surface area contributed by atoms with Crippen molar-refractivity contribution in [1.29, 1.82) is 0 Å². The van der Waals surface area contributed by atoms with E-state index in [1.165, 1.54) is 11.6 Å². The van der Waals surface area contributed by atoms with Crippen LogP contribution >= 0.6 is 0 Å². The third kappa shape index (κ3) is 5.39. The van der Waals surface area contributed by atoms with E-state index in [1.54, 1.807) is 30.3 Å². The first kappa shape index (κ1) is 17.5. The van der Waals surface area contributed by atoms with Gasteiger partial charge in [0.2, 0.25) is 5.91 Å². The lowest BCUT2D eigenvalue weighted by Crippen LogP contribution is -2.23. The first-order valence-corrected chi connectivity index (χ1v) is 8.02. The maximum absolute atomic E-state index is 11.9. The van der Waals surface area contributed by atoms with E-state index in [-0.39, 0.29) is 11.8 Å². The van der Waals surface area contributed by atoms with Crippen LogP contribution in [0.4, 0.5) is 5.69 Å². The minimum absolute atomic E-state index is 0.103. The molecule has 0 spiro atoms. The molecule has 2 rings (SSSR count). The minimum atomic E-state index is -0.209. The normalized spacial score (nSPS) is 10.6. The van der Waals surface area contributed by atoms with Gasteiger partial charge in [-0.15, -0.1) is 0 Å². The highest BCUT2D eigenvalue weighted by Crippen LogP contribution is 2.10. The van der Waals surface area contributed by atoms with E-state index in [1.807, 2.05) is 38.1 Å². The molecule has 2 aromatic carbocycles. The highest BCUT2D eigenvalue weighted by molar-refractivity contribution is 6.02. The summed E-state index contributed by atoms with van der Waals surface area (Å²) in [5, 5.41) is 5.59. The molecule has 124 valence electrons. The second-order valence-corrected chi connectivity index (χ2v) is 5.57. The van der Waals surface area contributed by atoms with Crippen LogP contribution in [-0.4, -0.2) is 18.4 Å². The molecule has 0 aliphatic rings. The molecule has 2 N–H and O–H groups in total. The lowest BCUT2D eigenvalue weighted by Gasteiger charge is -2.05. The van der Waals surface area contributed by atoms with Crippen molar-refractivity contribution in [2.24, 2.45) is 0 Å². The third-order valence-electron chi connectivity index (χ3n) is 3.45. The van der Waals surface area contributed by atoms with Gasteiger partial charge in [0.05, 0.1) is 0 Å². The van der Waals surface area contributed by atoms with Crippen molar-refractivity contribution in [1.82, 2.24) is 5.32 Å². The Bertz CT molecular complexity index is 716. The zero-order chi connectivity index (χ0) is 17.4. The highest BCUT2D eigenvalue weighted by Gasteiger charge is 2.04. The summed E-state index contributed by atoms with van der Waals surface area (Å²) in [5.41, 5.74) is 3.38. The molecule has 0 aromatic heterocycles. The lowest BCUT2D eigenvalue weighted by molar-refractivity contribution is -0.111. The fourth-order valence-corrected chi connectivity index (χ4v) is 2.08. The van der Waals surface area contributed by atoms with Crippen molar-refractivity contribution in [2.75, 3.05) is 11.9 Å². The Kier molecular flexibility index (Phi) is 6.32. The monoisotopic (exact) mass is 322 g/mol. The van der Waals surface area contributed by atoms with Crippen LogP contribution in [0, 0.1) is 6.92 Å². The minimum Gasteiger partial charge on any atom is -0.352 e. The maximum Gasteiger partial charge on any atom is 0.251 e. The smallest absolute Gasteiger partial charge is 0.251 e. The molecule has 0 bridgehead atoms. The SMILES string of the molecule is CCCNC(=O)c1ccc(NC(=O)/C=C/c2ccc(C)cc2)cc1. The summed E-state index contributed by atoms with van der Waals surface area (Å²) in [6, 6.07) is 14.8. The van der Waals surface area contributed by atoms with Crippen LogP contribution in [0.3, 0.4) is 0 Å². The van der Waals surface area contributed by atoms with Crippen molar-refractivity contribution in [3.05, 3.63) is 71.3 Å². The van der Waals surface area contributed by atoms with Crippen molar-refractivity contribution in [3.8, 4) is 0 Å². The van der Waals surface area contributed by atoms with Gasteiger partial charge >= 0.3 is 0 Å². The van der Waals surface area contributed by atoms with E-state index in [0.717, 1.165) is 12.0 Å². The van der Waals surface area contributed by atoms with Crippen molar-refractivity contribution in [2.45, 2.75) is 20.3 Å².